The minimum atomic E-state index is 0.321. The molecule has 0 amide bonds. The van der Waals surface area contributed by atoms with Gasteiger partial charge in [0.25, 0.3) is 0 Å². The van der Waals surface area contributed by atoms with E-state index < -0.39 is 0 Å². The summed E-state index contributed by atoms with van der Waals surface area (Å²) >= 11 is 0. The molecule has 0 aliphatic carbocycles. The van der Waals surface area contributed by atoms with E-state index in [1.165, 1.54) is 5.57 Å². The summed E-state index contributed by atoms with van der Waals surface area (Å²) in [6.45, 7) is 17.9. The first-order chi connectivity index (χ1) is 7.89. The van der Waals surface area contributed by atoms with Gasteiger partial charge in [-0.15, -0.1) is 0 Å². The summed E-state index contributed by atoms with van der Waals surface area (Å²) in [6.07, 6.45) is 0. The van der Waals surface area contributed by atoms with Crippen molar-refractivity contribution in [3.05, 3.63) is 12.2 Å². The molecule has 0 N–H and O–H groups in total. The standard InChI is InChI=1S/C14H28N2O/c1-13(2)10-15(5)11-14(3,4)12-16-6-8-17-9-7-16/h1,6-12H2,2-5H3. The number of rotatable bonds is 6. The molecule has 3 nitrogen and oxygen atoms in total. The number of morpholine rings is 1. The van der Waals surface area contributed by atoms with Crippen molar-refractivity contribution < 1.29 is 4.74 Å². The first-order valence-electron chi connectivity index (χ1n) is 6.52. The van der Waals surface area contributed by atoms with E-state index in [2.05, 4.69) is 44.2 Å². The Labute approximate surface area is 106 Å². The topological polar surface area (TPSA) is 15.7 Å². The summed E-state index contributed by atoms with van der Waals surface area (Å²) in [5.41, 5.74) is 1.55. The van der Waals surface area contributed by atoms with Gasteiger partial charge in [0.2, 0.25) is 0 Å². The van der Waals surface area contributed by atoms with Crippen LogP contribution in [0.2, 0.25) is 0 Å². The van der Waals surface area contributed by atoms with Crippen molar-refractivity contribution in [2.75, 3.05) is 53.0 Å². The van der Waals surface area contributed by atoms with Crippen molar-refractivity contribution in [3.8, 4) is 0 Å². The highest BCUT2D eigenvalue weighted by Gasteiger charge is 2.24. The van der Waals surface area contributed by atoms with Gasteiger partial charge in [0.1, 0.15) is 0 Å². The summed E-state index contributed by atoms with van der Waals surface area (Å²) in [6, 6.07) is 0. The van der Waals surface area contributed by atoms with Crippen molar-refractivity contribution in [1.29, 1.82) is 0 Å². The van der Waals surface area contributed by atoms with Crippen LogP contribution >= 0.6 is 0 Å². The van der Waals surface area contributed by atoms with E-state index in [9.17, 15) is 0 Å². The zero-order valence-corrected chi connectivity index (χ0v) is 12.0. The molecule has 1 saturated heterocycles. The molecule has 0 bridgehead atoms. The Morgan fingerprint density at radius 3 is 2.47 bits per heavy atom. The fourth-order valence-corrected chi connectivity index (χ4v) is 2.66. The quantitative estimate of drug-likeness (QED) is 0.659. The number of hydrogen-bond acceptors (Lipinski definition) is 3. The Bertz CT molecular complexity index is 245. The van der Waals surface area contributed by atoms with E-state index in [4.69, 9.17) is 4.74 Å². The van der Waals surface area contributed by atoms with E-state index >= 15 is 0 Å². The maximum atomic E-state index is 5.38. The second-order valence-corrected chi connectivity index (χ2v) is 6.18. The van der Waals surface area contributed by atoms with Crippen LogP contribution in [0.25, 0.3) is 0 Å². The Kier molecular flexibility index (Phi) is 5.63. The third kappa shape index (κ3) is 6.20. The van der Waals surface area contributed by atoms with Gasteiger partial charge >= 0.3 is 0 Å². The number of ether oxygens (including phenoxy) is 1. The van der Waals surface area contributed by atoms with Crippen molar-refractivity contribution in [3.63, 3.8) is 0 Å². The lowest BCUT2D eigenvalue weighted by Crippen LogP contribution is -2.45. The molecule has 100 valence electrons. The average Bonchev–Trinajstić information content (AvgIpc) is 2.15. The second-order valence-electron chi connectivity index (χ2n) is 6.18. The summed E-state index contributed by atoms with van der Waals surface area (Å²) < 4.78 is 5.38. The molecular weight excluding hydrogens is 212 g/mol. The molecule has 3 heteroatoms. The van der Waals surface area contributed by atoms with Gasteiger partial charge in [-0.3, -0.25) is 4.90 Å². The van der Waals surface area contributed by atoms with Gasteiger partial charge in [-0.2, -0.15) is 0 Å². The summed E-state index contributed by atoms with van der Waals surface area (Å²) in [5.74, 6) is 0. The molecule has 1 rings (SSSR count). The molecule has 1 aliphatic heterocycles. The predicted octanol–water partition coefficient (Wildman–Crippen LogP) is 1.85. The largest absolute Gasteiger partial charge is 0.379 e. The van der Waals surface area contributed by atoms with Crippen molar-refractivity contribution in [1.82, 2.24) is 9.80 Å². The zero-order valence-electron chi connectivity index (χ0n) is 12.0. The number of nitrogens with zero attached hydrogens (tertiary/aromatic N) is 2. The van der Waals surface area contributed by atoms with Crippen LogP contribution in [0.15, 0.2) is 12.2 Å². The van der Waals surface area contributed by atoms with Crippen LogP contribution < -0.4 is 0 Å². The normalized spacial score (nSPS) is 18.6. The van der Waals surface area contributed by atoms with E-state index in [0.29, 0.717) is 5.41 Å². The van der Waals surface area contributed by atoms with Crippen LogP contribution in [0.1, 0.15) is 20.8 Å². The maximum Gasteiger partial charge on any atom is 0.0594 e. The summed E-state index contributed by atoms with van der Waals surface area (Å²) in [5, 5.41) is 0. The minimum absolute atomic E-state index is 0.321. The van der Waals surface area contributed by atoms with Gasteiger partial charge in [0.05, 0.1) is 13.2 Å². The Balaban J connectivity index is 2.35. The van der Waals surface area contributed by atoms with E-state index in [1.54, 1.807) is 0 Å². The summed E-state index contributed by atoms with van der Waals surface area (Å²) in [4.78, 5) is 4.88. The second kappa shape index (κ2) is 6.53. The van der Waals surface area contributed by atoms with Crippen molar-refractivity contribution >= 4 is 0 Å². The average molecular weight is 240 g/mol. The van der Waals surface area contributed by atoms with Crippen LogP contribution in [-0.4, -0.2) is 62.8 Å². The van der Waals surface area contributed by atoms with Crippen LogP contribution in [0.4, 0.5) is 0 Å². The molecule has 1 fully saturated rings. The van der Waals surface area contributed by atoms with Gasteiger partial charge in [-0.05, 0) is 19.4 Å². The van der Waals surface area contributed by atoms with E-state index in [0.717, 1.165) is 45.9 Å². The highest BCUT2D eigenvalue weighted by atomic mass is 16.5. The van der Waals surface area contributed by atoms with Crippen LogP contribution in [-0.2, 0) is 4.74 Å². The molecule has 0 spiro atoms. The molecular formula is C14H28N2O. The number of hydrogen-bond donors (Lipinski definition) is 0. The lowest BCUT2D eigenvalue weighted by molar-refractivity contribution is 0.0169. The Hall–Kier alpha value is -0.380. The first kappa shape index (κ1) is 14.7. The molecule has 0 radical (unpaired) electrons. The van der Waals surface area contributed by atoms with Crippen LogP contribution in [0, 0.1) is 5.41 Å². The monoisotopic (exact) mass is 240 g/mol. The highest BCUT2D eigenvalue weighted by Crippen LogP contribution is 2.19. The molecule has 1 heterocycles. The molecule has 0 aromatic carbocycles. The first-order valence-corrected chi connectivity index (χ1v) is 6.52. The van der Waals surface area contributed by atoms with E-state index in [-0.39, 0.29) is 0 Å². The van der Waals surface area contributed by atoms with Gasteiger partial charge in [-0.1, -0.05) is 26.0 Å². The third-order valence-electron chi connectivity index (χ3n) is 2.99. The molecule has 17 heavy (non-hydrogen) atoms. The lowest BCUT2D eigenvalue weighted by atomic mass is 9.91. The fourth-order valence-electron chi connectivity index (χ4n) is 2.66. The third-order valence-corrected chi connectivity index (χ3v) is 2.99. The van der Waals surface area contributed by atoms with Crippen LogP contribution in [0.5, 0.6) is 0 Å². The Morgan fingerprint density at radius 1 is 1.35 bits per heavy atom. The van der Waals surface area contributed by atoms with Gasteiger partial charge in [-0.25, -0.2) is 0 Å². The highest BCUT2D eigenvalue weighted by molar-refractivity contribution is 4.92. The predicted molar refractivity (Wildman–Crippen MR) is 73.4 cm³/mol. The molecule has 0 atom stereocenters. The number of likely N-dealkylation sites (N-methyl/N-ethyl adjacent to an activating group) is 1. The SMILES string of the molecule is C=C(C)CN(C)CC(C)(C)CN1CCOCC1. The zero-order chi connectivity index (χ0) is 12.9. The maximum absolute atomic E-state index is 5.38. The van der Waals surface area contributed by atoms with Crippen molar-refractivity contribution in [2.24, 2.45) is 5.41 Å². The Morgan fingerprint density at radius 2 is 1.94 bits per heavy atom. The van der Waals surface area contributed by atoms with Gasteiger partial charge < -0.3 is 9.64 Å². The smallest absolute Gasteiger partial charge is 0.0594 e. The molecule has 0 aromatic rings. The van der Waals surface area contributed by atoms with Gasteiger partial charge in [0, 0.05) is 32.7 Å². The van der Waals surface area contributed by atoms with Gasteiger partial charge in [0.15, 0.2) is 0 Å². The molecule has 1 aliphatic rings. The molecule has 0 aromatic heterocycles. The fraction of sp³-hybridized carbons (Fsp3) is 0.857. The summed E-state index contributed by atoms with van der Waals surface area (Å²) in [7, 11) is 2.18. The molecule has 0 unspecified atom stereocenters. The minimum Gasteiger partial charge on any atom is -0.379 e. The van der Waals surface area contributed by atoms with Crippen molar-refractivity contribution in [2.45, 2.75) is 20.8 Å². The van der Waals surface area contributed by atoms with E-state index in [1.807, 2.05) is 0 Å². The van der Waals surface area contributed by atoms with Crippen LogP contribution in [0.3, 0.4) is 0 Å². The lowest BCUT2D eigenvalue weighted by Gasteiger charge is -2.37. The molecule has 0 saturated carbocycles.